The van der Waals surface area contributed by atoms with E-state index in [1.165, 1.54) is 0 Å². The van der Waals surface area contributed by atoms with Gasteiger partial charge in [-0.25, -0.2) is 4.98 Å². The van der Waals surface area contributed by atoms with Crippen molar-refractivity contribution in [3.63, 3.8) is 0 Å². The second-order valence-electron chi connectivity index (χ2n) is 1.95. The summed E-state index contributed by atoms with van der Waals surface area (Å²) in [7, 11) is 0. The Morgan fingerprint density at radius 2 is 2.00 bits per heavy atom. The van der Waals surface area contributed by atoms with E-state index in [-0.39, 0.29) is 22.4 Å². The van der Waals surface area contributed by atoms with E-state index in [0.29, 0.717) is 5.22 Å². The predicted molar refractivity (Wildman–Crippen MR) is 39.6 cm³/mol. The van der Waals surface area contributed by atoms with Crippen LogP contribution in [-0.2, 0) is 35.0 Å². The summed E-state index contributed by atoms with van der Waals surface area (Å²) in [6, 6.07) is 7.51. The van der Waals surface area contributed by atoms with Gasteiger partial charge < -0.3 is 17.0 Å². The third-order valence-electron chi connectivity index (χ3n) is 1.27. The van der Waals surface area contributed by atoms with Crippen LogP contribution < -0.4 is 0 Å². The number of hydrogen-bond acceptors (Lipinski definition) is 3. The molecule has 11 heavy (non-hydrogen) atoms. The van der Waals surface area contributed by atoms with Gasteiger partial charge in [0.1, 0.15) is 5.52 Å². The minimum atomic E-state index is 0. The van der Waals surface area contributed by atoms with Crippen LogP contribution in [0.2, 0.25) is 0 Å². The molecule has 2 nitrogen and oxygen atoms in total. The molecule has 60 valence electrons. The molecule has 0 atom stereocenters. The van der Waals surface area contributed by atoms with Gasteiger partial charge in [0.25, 0.3) is 0 Å². The van der Waals surface area contributed by atoms with Crippen molar-refractivity contribution in [2.45, 2.75) is 5.22 Å². The maximum atomic E-state index is 5.07. The van der Waals surface area contributed by atoms with Crippen molar-refractivity contribution >= 4 is 23.7 Å². The largest absolute Gasteiger partial charge is 1.00 e. The van der Waals surface area contributed by atoms with Gasteiger partial charge in [0.15, 0.2) is 5.58 Å². The average Bonchev–Trinajstić information content (AvgIpc) is 2.27. The number of benzene rings is 1. The topological polar surface area (TPSA) is 26.0 Å². The van der Waals surface area contributed by atoms with Crippen LogP contribution >= 0.6 is 0 Å². The van der Waals surface area contributed by atoms with Crippen molar-refractivity contribution in [2.75, 3.05) is 0 Å². The Labute approximate surface area is 84.9 Å². The molecule has 1 heterocycles. The molecule has 0 amide bonds. The van der Waals surface area contributed by atoms with E-state index < -0.39 is 0 Å². The fourth-order valence-electron chi connectivity index (χ4n) is 0.851. The van der Waals surface area contributed by atoms with Crippen molar-refractivity contribution in [2.24, 2.45) is 0 Å². The van der Waals surface area contributed by atoms with Crippen LogP contribution in [0.25, 0.3) is 11.1 Å². The molecule has 0 aliphatic carbocycles. The van der Waals surface area contributed by atoms with Crippen LogP contribution in [0.3, 0.4) is 0 Å². The fourth-order valence-corrected chi connectivity index (χ4v) is 1.04. The Morgan fingerprint density at radius 3 is 2.73 bits per heavy atom. The molecule has 0 spiro atoms. The zero-order valence-electron chi connectivity index (χ0n) is 5.37. The molecule has 2 aromatic rings. The summed E-state index contributed by atoms with van der Waals surface area (Å²) in [6.07, 6.45) is 0. The number of oxazole rings is 1. The molecular weight excluding hydrogens is 254 g/mol. The quantitative estimate of drug-likeness (QED) is 0.531. The second kappa shape index (κ2) is 3.36. The Kier molecular flexibility index (Phi) is 2.67. The molecule has 1 aromatic heterocycles. The summed E-state index contributed by atoms with van der Waals surface area (Å²) in [6.45, 7) is 0. The Balaban J connectivity index is 0.000000605. The van der Waals surface area contributed by atoms with E-state index in [1.54, 1.807) is 0 Å². The first-order valence-electron chi connectivity index (χ1n) is 2.89. The van der Waals surface area contributed by atoms with Crippen molar-refractivity contribution in [1.29, 1.82) is 0 Å². The molecule has 0 aliphatic heterocycles. The monoisotopic (exact) mass is 257 g/mol. The SMILES string of the molecule is [Ag+].[S-]c1nc2ccccc2o1. The van der Waals surface area contributed by atoms with E-state index in [0.717, 1.165) is 11.1 Å². The van der Waals surface area contributed by atoms with E-state index in [2.05, 4.69) is 4.98 Å². The predicted octanol–water partition coefficient (Wildman–Crippen LogP) is 1.73. The van der Waals surface area contributed by atoms with Crippen LogP contribution in [0.5, 0.6) is 0 Å². The molecule has 0 aliphatic rings. The smallest absolute Gasteiger partial charge is 0.721 e. The van der Waals surface area contributed by atoms with Crippen molar-refractivity contribution < 1.29 is 26.8 Å². The minimum Gasteiger partial charge on any atom is -0.721 e. The normalized spacial score (nSPS) is 9.45. The third-order valence-corrected chi connectivity index (χ3v) is 1.45. The summed E-state index contributed by atoms with van der Waals surface area (Å²) < 4.78 is 5.07. The molecule has 0 saturated heterocycles. The minimum absolute atomic E-state index is 0. The van der Waals surface area contributed by atoms with E-state index in [1.807, 2.05) is 24.3 Å². The maximum absolute atomic E-state index is 5.07. The number of aromatic nitrogens is 1. The van der Waals surface area contributed by atoms with Gasteiger partial charge in [-0.3, -0.25) is 0 Å². The standard InChI is InChI=1S/C7H5NOS.Ag/c10-7-8-5-3-1-2-4-6(5)9-7;/h1-4H,(H,8,10);/q;+1/p-1. The summed E-state index contributed by atoms with van der Waals surface area (Å²) in [5.41, 5.74) is 1.58. The molecule has 0 fully saturated rings. The molecular formula is C7H4AgNOS. The molecule has 0 bridgehead atoms. The zero-order chi connectivity index (χ0) is 6.97. The molecule has 2 rings (SSSR count). The van der Waals surface area contributed by atoms with E-state index in [4.69, 9.17) is 17.0 Å². The third kappa shape index (κ3) is 1.62. The molecule has 1 aromatic carbocycles. The van der Waals surface area contributed by atoms with Crippen LogP contribution in [0.1, 0.15) is 0 Å². The molecule has 0 radical (unpaired) electrons. The summed E-state index contributed by atoms with van der Waals surface area (Å²) in [5.74, 6) is 0. The fraction of sp³-hybridized carbons (Fsp3) is 0. The molecule has 0 N–H and O–H groups in total. The van der Waals surface area contributed by atoms with E-state index >= 15 is 0 Å². The van der Waals surface area contributed by atoms with Crippen LogP contribution in [0.15, 0.2) is 33.9 Å². The summed E-state index contributed by atoms with van der Waals surface area (Å²) in [5, 5.41) is 0.307. The van der Waals surface area contributed by atoms with Gasteiger partial charge in [0, 0.05) is 0 Å². The van der Waals surface area contributed by atoms with Gasteiger partial charge in [-0.05, 0) is 12.1 Å². The Hall–Kier alpha value is -0.350. The van der Waals surface area contributed by atoms with E-state index in [9.17, 15) is 0 Å². The van der Waals surface area contributed by atoms with Gasteiger partial charge in [0.2, 0.25) is 0 Å². The van der Waals surface area contributed by atoms with Crippen molar-refractivity contribution in [3.8, 4) is 0 Å². The van der Waals surface area contributed by atoms with Crippen molar-refractivity contribution in [1.82, 2.24) is 4.98 Å². The number of fused-ring (bicyclic) bond motifs is 1. The van der Waals surface area contributed by atoms with Crippen LogP contribution in [0.4, 0.5) is 0 Å². The maximum Gasteiger partial charge on any atom is 1.00 e. The number of para-hydroxylation sites is 2. The van der Waals surface area contributed by atoms with Gasteiger partial charge in [-0.2, -0.15) is 0 Å². The first-order valence-corrected chi connectivity index (χ1v) is 3.30. The van der Waals surface area contributed by atoms with Gasteiger partial charge in [0.05, 0.1) is 5.22 Å². The molecule has 4 heteroatoms. The molecule has 0 unspecified atom stereocenters. The summed E-state index contributed by atoms with van der Waals surface area (Å²) >= 11 is 4.74. The first-order chi connectivity index (χ1) is 4.86. The summed E-state index contributed by atoms with van der Waals surface area (Å²) in [4.78, 5) is 3.96. The van der Waals surface area contributed by atoms with Crippen LogP contribution in [0, 0.1) is 0 Å². The van der Waals surface area contributed by atoms with Gasteiger partial charge in [-0.15, -0.1) is 0 Å². The number of nitrogens with zero attached hydrogens (tertiary/aromatic N) is 1. The van der Waals surface area contributed by atoms with Gasteiger partial charge >= 0.3 is 22.4 Å². The Morgan fingerprint density at radius 1 is 1.27 bits per heavy atom. The second-order valence-corrected chi connectivity index (χ2v) is 2.30. The zero-order valence-corrected chi connectivity index (χ0v) is 7.67. The average molecular weight is 258 g/mol. The number of hydrogen-bond donors (Lipinski definition) is 0. The molecule has 0 saturated carbocycles. The van der Waals surface area contributed by atoms with Crippen LogP contribution in [-0.4, -0.2) is 4.98 Å². The first kappa shape index (κ1) is 8.74. The van der Waals surface area contributed by atoms with Gasteiger partial charge in [-0.1, -0.05) is 12.1 Å². The van der Waals surface area contributed by atoms with Crippen molar-refractivity contribution in [3.05, 3.63) is 24.3 Å². The number of rotatable bonds is 0. The Bertz CT molecular complexity index is 327.